The number of nitrogen functional groups attached to an aromatic ring is 1. The molecule has 1 aromatic rings. The van der Waals surface area contributed by atoms with Gasteiger partial charge in [0.2, 0.25) is 0 Å². The van der Waals surface area contributed by atoms with E-state index in [9.17, 15) is 9.90 Å². The SMILES string of the molecule is COc1cc(N)ccc1C(=O)NCC(O)CC(C)C. The van der Waals surface area contributed by atoms with Crippen LogP contribution >= 0.6 is 0 Å². The molecule has 0 radical (unpaired) electrons. The normalized spacial score (nSPS) is 12.3. The third kappa shape index (κ3) is 4.79. The molecule has 0 saturated carbocycles. The second-order valence-electron chi connectivity index (χ2n) is 4.95. The molecular formula is C14H22N2O3. The second-order valence-corrected chi connectivity index (χ2v) is 4.95. The minimum Gasteiger partial charge on any atom is -0.496 e. The molecule has 0 aliphatic heterocycles. The van der Waals surface area contributed by atoms with Crippen LogP contribution in [0.25, 0.3) is 0 Å². The Balaban J connectivity index is 2.63. The van der Waals surface area contributed by atoms with Crippen molar-refractivity contribution >= 4 is 11.6 Å². The number of carbonyl (C=O) groups excluding carboxylic acids is 1. The van der Waals surface area contributed by atoms with Gasteiger partial charge in [0, 0.05) is 18.3 Å². The number of hydrogen-bond acceptors (Lipinski definition) is 4. The molecule has 0 aliphatic carbocycles. The average Bonchev–Trinajstić information content (AvgIpc) is 2.34. The number of ether oxygens (including phenoxy) is 1. The van der Waals surface area contributed by atoms with Crippen LogP contribution in [-0.4, -0.2) is 30.8 Å². The number of nitrogens with two attached hydrogens (primary N) is 1. The van der Waals surface area contributed by atoms with Gasteiger partial charge >= 0.3 is 0 Å². The van der Waals surface area contributed by atoms with Crippen LogP contribution in [0.1, 0.15) is 30.6 Å². The number of carbonyl (C=O) groups is 1. The van der Waals surface area contributed by atoms with Gasteiger partial charge < -0.3 is 20.9 Å². The minimum atomic E-state index is -0.538. The number of rotatable bonds is 6. The first-order valence-electron chi connectivity index (χ1n) is 6.33. The van der Waals surface area contributed by atoms with E-state index in [4.69, 9.17) is 10.5 Å². The van der Waals surface area contributed by atoms with E-state index in [0.717, 1.165) is 0 Å². The lowest BCUT2D eigenvalue weighted by Gasteiger charge is -2.15. The van der Waals surface area contributed by atoms with Gasteiger partial charge in [0.15, 0.2) is 0 Å². The van der Waals surface area contributed by atoms with Crippen molar-refractivity contribution in [1.82, 2.24) is 5.32 Å². The van der Waals surface area contributed by atoms with Crippen LogP contribution in [0.4, 0.5) is 5.69 Å². The predicted molar refractivity (Wildman–Crippen MR) is 75.2 cm³/mol. The molecule has 0 aromatic heterocycles. The van der Waals surface area contributed by atoms with Crippen LogP contribution < -0.4 is 15.8 Å². The molecule has 0 saturated heterocycles. The summed E-state index contributed by atoms with van der Waals surface area (Å²) in [5.41, 5.74) is 6.57. The summed E-state index contributed by atoms with van der Waals surface area (Å²) < 4.78 is 5.12. The van der Waals surface area contributed by atoms with Crippen molar-refractivity contribution in [3.05, 3.63) is 23.8 Å². The Morgan fingerprint density at radius 2 is 2.16 bits per heavy atom. The molecule has 0 heterocycles. The molecule has 5 nitrogen and oxygen atoms in total. The van der Waals surface area contributed by atoms with E-state index < -0.39 is 6.10 Å². The number of aliphatic hydroxyl groups is 1. The number of anilines is 1. The highest BCUT2D eigenvalue weighted by molar-refractivity contribution is 5.97. The summed E-state index contributed by atoms with van der Waals surface area (Å²) >= 11 is 0. The summed E-state index contributed by atoms with van der Waals surface area (Å²) in [7, 11) is 1.49. The van der Waals surface area contributed by atoms with E-state index in [1.807, 2.05) is 13.8 Å². The maximum absolute atomic E-state index is 12.0. The molecule has 0 spiro atoms. The van der Waals surface area contributed by atoms with Gasteiger partial charge in [-0.2, -0.15) is 0 Å². The summed E-state index contributed by atoms with van der Waals surface area (Å²) in [5, 5.41) is 12.4. The molecule has 5 heteroatoms. The fraction of sp³-hybridized carbons (Fsp3) is 0.500. The number of hydrogen-bond donors (Lipinski definition) is 3. The molecular weight excluding hydrogens is 244 g/mol. The van der Waals surface area contributed by atoms with E-state index in [0.29, 0.717) is 29.3 Å². The van der Waals surface area contributed by atoms with E-state index >= 15 is 0 Å². The molecule has 106 valence electrons. The third-order valence-electron chi connectivity index (χ3n) is 2.71. The lowest BCUT2D eigenvalue weighted by atomic mass is 10.1. The largest absolute Gasteiger partial charge is 0.496 e. The van der Waals surface area contributed by atoms with E-state index in [1.54, 1.807) is 18.2 Å². The Morgan fingerprint density at radius 3 is 2.74 bits per heavy atom. The van der Waals surface area contributed by atoms with Crippen LogP contribution in [0.5, 0.6) is 5.75 Å². The second kappa shape index (κ2) is 6.99. The predicted octanol–water partition coefficient (Wildman–Crippen LogP) is 1.41. The van der Waals surface area contributed by atoms with Crippen LogP contribution in [0, 0.1) is 5.92 Å². The standard InChI is InChI=1S/C14H22N2O3/c1-9(2)6-11(17)8-16-14(18)12-5-4-10(15)7-13(12)19-3/h4-5,7,9,11,17H,6,8,15H2,1-3H3,(H,16,18). The first kappa shape index (κ1) is 15.3. The summed E-state index contributed by atoms with van der Waals surface area (Å²) in [6.07, 6.45) is 0.114. The maximum atomic E-state index is 12.0. The van der Waals surface area contributed by atoms with Crippen molar-refractivity contribution in [3.63, 3.8) is 0 Å². The highest BCUT2D eigenvalue weighted by Gasteiger charge is 2.14. The quantitative estimate of drug-likeness (QED) is 0.680. The highest BCUT2D eigenvalue weighted by atomic mass is 16.5. The molecule has 1 rings (SSSR count). The molecule has 0 bridgehead atoms. The minimum absolute atomic E-state index is 0.227. The fourth-order valence-corrected chi connectivity index (χ4v) is 1.83. The van der Waals surface area contributed by atoms with Gasteiger partial charge in [-0.25, -0.2) is 0 Å². The Bertz CT molecular complexity index is 433. The van der Waals surface area contributed by atoms with Crippen molar-refractivity contribution in [1.29, 1.82) is 0 Å². The molecule has 1 unspecified atom stereocenters. The number of amides is 1. The van der Waals surface area contributed by atoms with Gasteiger partial charge in [-0.05, 0) is 24.5 Å². The van der Waals surface area contributed by atoms with E-state index in [2.05, 4.69) is 5.32 Å². The molecule has 1 aromatic carbocycles. The first-order chi connectivity index (χ1) is 8.93. The Morgan fingerprint density at radius 1 is 1.47 bits per heavy atom. The van der Waals surface area contributed by atoms with Crippen molar-refractivity contribution in [2.75, 3.05) is 19.4 Å². The highest BCUT2D eigenvalue weighted by Crippen LogP contribution is 2.21. The Hall–Kier alpha value is -1.75. The molecule has 0 aliphatic rings. The number of nitrogens with one attached hydrogen (secondary N) is 1. The molecule has 1 amide bonds. The summed E-state index contributed by atoms with van der Waals surface area (Å²) in [5.74, 6) is 0.536. The van der Waals surface area contributed by atoms with Gasteiger partial charge in [-0.15, -0.1) is 0 Å². The van der Waals surface area contributed by atoms with Gasteiger partial charge in [0.1, 0.15) is 5.75 Å². The number of benzene rings is 1. The first-order valence-corrected chi connectivity index (χ1v) is 6.33. The van der Waals surface area contributed by atoms with Crippen LogP contribution in [-0.2, 0) is 0 Å². The zero-order valence-electron chi connectivity index (χ0n) is 11.6. The maximum Gasteiger partial charge on any atom is 0.255 e. The average molecular weight is 266 g/mol. The smallest absolute Gasteiger partial charge is 0.255 e. The summed E-state index contributed by atoms with van der Waals surface area (Å²) in [6.45, 7) is 4.27. The van der Waals surface area contributed by atoms with Crippen molar-refractivity contribution in [2.45, 2.75) is 26.4 Å². The van der Waals surface area contributed by atoms with E-state index in [1.165, 1.54) is 7.11 Å². The number of aliphatic hydroxyl groups excluding tert-OH is 1. The molecule has 1 atom stereocenters. The summed E-state index contributed by atoms with van der Waals surface area (Å²) in [6, 6.07) is 4.85. The zero-order valence-corrected chi connectivity index (χ0v) is 11.6. The van der Waals surface area contributed by atoms with Gasteiger partial charge in [0.05, 0.1) is 18.8 Å². The zero-order chi connectivity index (χ0) is 14.4. The Labute approximate surface area is 113 Å². The van der Waals surface area contributed by atoms with Crippen molar-refractivity contribution < 1.29 is 14.6 Å². The van der Waals surface area contributed by atoms with E-state index in [-0.39, 0.29) is 12.5 Å². The fourth-order valence-electron chi connectivity index (χ4n) is 1.83. The molecule has 19 heavy (non-hydrogen) atoms. The number of methoxy groups -OCH3 is 1. The topological polar surface area (TPSA) is 84.6 Å². The third-order valence-corrected chi connectivity index (χ3v) is 2.71. The van der Waals surface area contributed by atoms with Gasteiger partial charge in [-0.3, -0.25) is 4.79 Å². The summed E-state index contributed by atoms with van der Waals surface area (Å²) in [4.78, 5) is 12.0. The van der Waals surface area contributed by atoms with Crippen molar-refractivity contribution in [2.24, 2.45) is 5.92 Å². The van der Waals surface area contributed by atoms with Gasteiger partial charge in [-0.1, -0.05) is 13.8 Å². The van der Waals surface area contributed by atoms with Crippen molar-refractivity contribution in [3.8, 4) is 5.75 Å². The lowest BCUT2D eigenvalue weighted by Crippen LogP contribution is -2.33. The monoisotopic (exact) mass is 266 g/mol. The van der Waals surface area contributed by atoms with Crippen LogP contribution in [0.15, 0.2) is 18.2 Å². The lowest BCUT2D eigenvalue weighted by molar-refractivity contribution is 0.0897. The van der Waals surface area contributed by atoms with Gasteiger partial charge in [0.25, 0.3) is 5.91 Å². The Kier molecular flexibility index (Phi) is 5.63. The molecule has 0 fully saturated rings. The molecule has 4 N–H and O–H groups in total. The van der Waals surface area contributed by atoms with Crippen LogP contribution in [0.2, 0.25) is 0 Å². The van der Waals surface area contributed by atoms with Crippen LogP contribution in [0.3, 0.4) is 0 Å².